The molecule has 228 valence electrons. The van der Waals surface area contributed by atoms with Crippen LogP contribution in [0.25, 0.3) is 10.9 Å². The summed E-state index contributed by atoms with van der Waals surface area (Å²) in [5, 5.41) is 1.25. The highest BCUT2D eigenvalue weighted by molar-refractivity contribution is 7.92. The first-order chi connectivity index (χ1) is 20.4. The average Bonchev–Trinajstić information content (AvgIpc) is 3.68. The molecule has 0 aliphatic heterocycles. The molecule has 1 aliphatic carbocycles. The van der Waals surface area contributed by atoms with Gasteiger partial charge in [-0.1, -0.05) is 29.3 Å². The predicted octanol–water partition coefficient (Wildman–Crippen LogP) is 6.63. The maximum Gasteiger partial charge on any atom is 0.387 e. The lowest BCUT2D eigenvalue weighted by molar-refractivity contribution is -0.150. The second kappa shape index (κ2) is 12.9. The minimum Gasteiger partial charge on any atom is -0.489 e. The molecule has 2 aromatic carbocycles. The first-order valence-electron chi connectivity index (χ1n) is 13.2. The van der Waals surface area contributed by atoms with Gasteiger partial charge in [0, 0.05) is 41.6 Å². The molecule has 1 saturated carbocycles. The van der Waals surface area contributed by atoms with E-state index in [1.165, 1.54) is 30.6 Å². The van der Waals surface area contributed by atoms with Gasteiger partial charge in [0.25, 0.3) is 0 Å². The van der Waals surface area contributed by atoms with Crippen LogP contribution in [0.3, 0.4) is 0 Å². The van der Waals surface area contributed by atoms with Gasteiger partial charge in [-0.3, -0.25) is 14.5 Å². The molecule has 9 nitrogen and oxygen atoms in total. The van der Waals surface area contributed by atoms with Gasteiger partial charge in [-0.15, -0.1) is 0 Å². The quantitative estimate of drug-likeness (QED) is 0.161. The molecular weight excluding hydrogens is 627 g/mol. The molecule has 0 radical (unpaired) electrons. The number of carbonyl (C=O) groups is 1. The summed E-state index contributed by atoms with van der Waals surface area (Å²) in [6, 6.07) is 11.1. The molecule has 1 N–H and O–H groups in total. The van der Waals surface area contributed by atoms with E-state index in [1.54, 1.807) is 35.0 Å². The van der Waals surface area contributed by atoms with Crippen LogP contribution in [0.15, 0.2) is 61.1 Å². The number of carbonyl (C=O) groups excluding carboxylic acids is 1. The highest BCUT2D eigenvalue weighted by Gasteiger charge is 2.26. The van der Waals surface area contributed by atoms with Crippen molar-refractivity contribution < 1.29 is 36.2 Å². The molecule has 4 aromatic rings. The number of nitrogens with zero attached hydrogens (tertiary/aromatic N) is 2. The van der Waals surface area contributed by atoms with Crippen LogP contribution < -0.4 is 14.2 Å². The van der Waals surface area contributed by atoms with Crippen molar-refractivity contribution in [1.82, 2.24) is 9.55 Å². The monoisotopic (exact) mass is 653 g/mol. The van der Waals surface area contributed by atoms with Gasteiger partial charge in [0.15, 0.2) is 11.5 Å². The standard InChI is InChI=1S/C29H27Cl2F2N3O6S/c1-43(38,39)35-20-5-6-24-18(10-20)8-9-36(24)15-28(37)41-26(12-21-22(30)13-34-14-23(21)31)19-4-7-25(42-29(32)33)27(11-19)40-16-17-2-3-17/h4-11,13-14,17,26,29,35H,2-3,12,15-16H2,1H3/t26-/m0/s1. The first-order valence-corrected chi connectivity index (χ1v) is 15.9. The lowest BCUT2D eigenvalue weighted by Crippen LogP contribution is -2.19. The number of hydrogen-bond acceptors (Lipinski definition) is 7. The van der Waals surface area contributed by atoms with Crippen LogP contribution in [-0.2, 0) is 32.5 Å². The zero-order valence-electron chi connectivity index (χ0n) is 22.8. The Kier molecular flexibility index (Phi) is 9.28. The van der Waals surface area contributed by atoms with Crippen LogP contribution in [0.5, 0.6) is 11.5 Å². The summed E-state index contributed by atoms with van der Waals surface area (Å²) in [5.41, 5.74) is 2.01. The van der Waals surface area contributed by atoms with E-state index in [0.29, 0.717) is 40.2 Å². The number of nitrogens with one attached hydrogen (secondary N) is 1. The molecule has 2 heterocycles. The predicted molar refractivity (Wildman–Crippen MR) is 158 cm³/mol. The number of alkyl halides is 2. The summed E-state index contributed by atoms with van der Waals surface area (Å²) >= 11 is 12.7. The van der Waals surface area contributed by atoms with Crippen molar-refractivity contribution in [3.05, 3.63) is 82.2 Å². The zero-order valence-corrected chi connectivity index (χ0v) is 25.1. The molecule has 1 aliphatic rings. The third-order valence-electron chi connectivity index (χ3n) is 6.72. The highest BCUT2D eigenvalue weighted by Crippen LogP contribution is 2.38. The van der Waals surface area contributed by atoms with Gasteiger partial charge in [0.05, 0.1) is 22.9 Å². The van der Waals surface area contributed by atoms with E-state index in [0.717, 1.165) is 19.1 Å². The van der Waals surface area contributed by atoms with Crippen LogP contribution in [0.4, 0.5) is 14.5 Å². The Hall–Kier alpha value is -3.61. The topological polar surface area (TPSA) is 109 Å². The van der Waals surface area contributed by atoms with Crippen LogP contribution in [0.1, 0.15) is 30.1 Å². The normalized spacial score (nSPS) is 14.1. The van der Waals surface area contributed by atoms with Crippen molar-refractivity contribution in [1.29, 1.82) is 0 Å². The van der Waals surface area contributed by atoms with E-state index in [1.807, 2.05) is 0 Å². The molecule has 5 rings (SSSR count). The SMILES string of the molecule is CS(=O)(=O)Nc1ccc2c(ccn2CC(=O)O[C@@H](Cc2c(Cl)cncc2Cl)c2ccc(OC(F)F)c(OCC3CC3)c2)c1. The van der Waals surface area contributed by atoms with Gasteiger partial charge in [-0.05, 0) is 66.3 Å². The Balaban J connectivity index is 1.42. The minimum atomic E-state index is -3.45. The fraction of sp³-hybridized carbons (Fsp3) is 0.310. The van der Waals surface area contributed by atoms with Gasteiger partial charge < -0.3 is 18.8 Å². The third-order valence-corrected chi connectivity index (χ3v) is 7.97. The van der Waals surface area contributed by atoms with Crippen LogP contribution in [0, 0.1) is 5.92 Å². The van der Waals surface area contributed by atoms with Gasteiger partial charge >= 0.3 is 12.6 Å². The number of hydrogen-bond donors (Lipinski definition) is 1. The number of rotatable bonds is 13. The van der Waals surface area contributed by atoms with Crippen molar-refractivity contribution in [3.63, 3.8) is 0 Å². The van der Waals surface area contributed by atoms with Gasteiger partial charge in [-0.25, -0.2) is 8.42 Å². The van der Waals surface area contributed by atoms with Crippen LogP contribution in [-0.4, -0.2) is 43.4 Å². The molecule has 0 amide bonds. The number of sulfonamides is 1. The Labute approximate surface area is 256 Å². The Morgan fingerprint density at radius 1 is 1.09 bits per heavy atom. The number of ether oxygens (including phenoxy) is 3. The number of anilines is 1. The number of fused-ring (bicyclic) bond motifs is 1. The molecule has 1 fully saturated rings. The lowest BCUT2D eigenvalue weighted by atomic mass is 10.0. The van der Waals surface area contributed by atoms with Crippen molar-refractivity contribution in [3.8, 4) is 11.5 Å². The molecule has 43 heavy (non-hydrogen) atoms. The van der Waals surface area contributed by atoms with Crippen LogP contribution >= 0.6 is 23.2 Å². The summed E-state index contributed by atoms with van der Waals surface area (Å²) in [6.07, 6.45) is 6.71. The van der Waals surface area contributed by atoms with Gasteiger partial charge in [0.2, 0.25) is 10.0 Å². The lowest BCUT2D eigenvalue weighted by Gasteiger charge is -2.22. The van der Waals surface area contributed by atoms with Crippen molar-refractivity contribution >= 4 is 55.8 Å². The second-order valence-electron chi connectivity index (χ2n) is 10.2. The fourth-order valence-electron chi connectivity index (χ4n) is 4.52. The largest absolute Gasteiger partial charge is 0.489 e. The molecule has 0 spiro atoms. The molecule has 1 atom stereocenters. The summed E-state index contributed by atoms with van der Waals surface area (Å²) in [4.78, 5) is 17.3. The zero-order chi connectivity index (χ0) is 30.7. The summed E-state index contributed by atoms with van der Waals surface area (Å²) < 4.78 is 69.9. The van der Waals surface area contributed by atoms with Crippen molar-refractivity contribution in [2.24, 2.45) is 5.92 Å². The van der Waals surface area contributed by atoms with E-state index < -0.39 is 28.7 Å². The van der Waals surface area contributed by atoms with Crippen molar-refractivity contribution in [2.45, 2.75) is 38.5 Å². The Morgan fingerprint density at radius 3 is 2.51 bits per heavy atom. The Bertz CT molecular complexity index is 1730. The minimum absolute atomic E-state index is 0.0655. The highest BCUT2D eigenvalue weighted by atomic mass is 35.5. The number of benzene rings is 2. The molecule has 0 saturated heterocycles. The van der Waals surface area contributed by atoms with Gasteiger partial charge in [-0.2, -0.15) is 8.78 Å². The van der Waals surface area contributed by atoms with Crippen molar-refractivity contribution in [2.75, 3.05) is 17.6 Å². The Morgan fingerprint density at radius 2 is 1.84 bits per heavy atom. The van der Waals surface area contributed by atoms with E-state index in [4.69, 9.17) is 32.7 Å². The summed E-state index contributed by atoms with van der Waals surface area (Å²) in [6.45, 7) is -2.88. The summed E-state index contributed by atoms with van der Waals surface area (Å²) in [7, 11) is -3.45. The molecule has 0 bridgehead atoms. The number of aromatic nitrogens is 2. The van der Waals surface area contributed by atoms with E-state index in [-0.39, 0.29) is 34.5 Å². The van der Waals surface area contributed by atoms with E-state index in [9.17, 15) is 22.0 Å². The maximum absolute atomic E-state index is 13.3. The average molecular weight is 655 g/mol. The number of pyridine rings is 1. The second-order valence-corrected chi connectivity index (χ2v) is 12.8. The molecule has 14 heteroatoms. The maximum atomic E-state index is 13.3. The third kappa shape index (κ3) is 8.27. The number of halogens is 4. The first kappa shape index (κ1) is 30.8. The molecule has 2 aromatic heterocycles. The van der Waals surface area contributed by atoms with Gasteiger partial charge in [0.1, 0.15) is 12.6 Å². The fourth-order valence-corrected chi connectivity index (χ4v) is 5.59. The molecular formula is C29H27Cl2F2N3O6S. The molecule has 0 unspecified atom stereocenters. The summed E-state index contributed by atoms with van der Waals surface area (Å²) in [5.74, 6) is -0.281. The van der Waals surface area contributed by atoms with Crippen LogP contribution in [0.2, 0.25) is 10.0 Å². The van der Waals surface area contributed by atoms with E-state index >= 15 is 0 Å². The van der Waals surface area contributed by atoms with E-state index in [2.05, 4.69) is 14.4 Å². The smallest absolute Gasteiger partial charge is 0.387 e. The number of esters is 1.